The van der Waals surface area contributed by atoms with E-state index in [2.05, 4.69) is 55.1 Å². The lowest BCUT2D eigenvalue weighted by Crippen LogP contribution is -2.46. The fourth-order valence-electron chi connectivity index (χ4n) is 5.38. The summed E-state index contributed by atoms with van der Waals surface area (Å²) in [5.41, 5.74) is 5.39. The predicted molar refractivity (Wildman–Crippen MR) is 98.4 cm³/mol. The van der Waals surface area contributed by atoms with E-state index in [1.54, 1.807) is 0 Å². The number of fused-ring (bicyclic) bond motifs is 8. The fraction of sp³-hybridized carbons (Fsp3) is 0.429. The van der Waals surface area contributed by atoms with Crippen LogP contribution in [0.4, 0.5) is 0 Å². The number of aliphatic hydroxyl groups is 1. The van der Waals surface area contributed by atoms with E-state index in [1.807, 2.05) is 6.07 Å². The quantitative estimate of drug-likeness (QED) is 0.855. The number of benzene rings is 2. The number of aliphatic hydroxyl groups excluding tert-OH is 1. The Kier molecular flexibility index (Phi) is 3.76. The molecule has 0 saturated carbocycles. The summed E-state index contributed by atoms with van der Waals surface area (Å²) in [4.78, 5) is 2.64. The molecule has 2 aliphatic rings. The van der Waals surface area contributed by atoms with Crippen molar-refractivity contribution in [2.24, 2.45) is 0 Å². The van der Waals surface area contributed by atoms with Gasteiger partial charge in [-0.25, -0.2) is 0 Å². The van der Waals surface area contributed by atoms with Gasteiger partial charge in [-0.3, -0.25) is 4.90 Å². The predicted octanol–water partition coefficient (Wildman–Crippen LogP) is 4.66. The molecule has 2 heterocycles. The molecule has 2 bridgehead atoms. The van der Waals surface area contributed by atoms with E-state index in [1.165, 1.54) is 22.3 Å². The molecule has 24 heavy (non-hydrogen) atoms. The summed E-state index contributed by atoms with van der Waals surface area (Å²) in [7, 11) is 0. The van der Waals surface area contributed by atoms with Crippen molar-refractivity contribution in [2.75, 3.05) is 13.2 Å². The van der Waals surface area contributed by atoms with Crippen molar-refractivity contribution in [1.29, 1.82) is 0 Å². The first-order valence-electron chi connectivity index (χ1n) is 8.96. The Morgan fingerprint density at radius 3 is 2.08 bits per heavy atom. The summed E-state index contributed by atoms with van der Waals surface area (Å²) >= 11 is 6.39. The standard InChI is InChI=1S/C21H24ClNO/c1-3-20-16-8-5-6-9-17(16)21(4-2,23(20)12-7-13-24)19-14-15(22)10-11-18(19)20/h5-6,8-11,14,24H,3-4,7,12-13H2,1-2H3. The Bertz CT molecular complexity index is 789. The lowest BCUT2D eigenvalue weighted by molar-refractivity contribution is 0.0609. The van der Waals surface area contributed by atoms with Gasteiger partial charge in [-0.2, -0.15) is 0 Å². The smallest absolute Gasteiger partial charge is 0.0730 e. The highest BCUT2D eigenvalue weighted by Crippen LogP contribution is 2.65. The molecule has 4 rings (SSSR count). The Labute approximate surface area is 149 Å². The average molecular weight is 342 g/mol. The molecular formula is C21H24ClNO. The minimum absolute atomic E-state index is 0.0955. The molecule has 126 valence electrons. The number of rotatable bonds is 5. The first-order chi connectivity index (χ1) is 11.7. The Morgan fingerprint density at radius 1 is 0.917 bits per heavy atom. The molecule has 0 radical (unpaired) electrons. The topological polar surface area (TPSA) is 23.5 Å². The highest BCUT2D eigenvalue weighted by molar-refractivity contribution is 6.30. The van der Waals surface area contributed by atoms with Crippen molar-refractivity contribution in [2.45, 2.75) is 44.2 Å². The zero-order chi connectivity index (χ0) is 16.9. The molecule has 2 aromatic rings. The molecule has 3 heteroatoms. The first-order valence-corrected chi connectivity index (χ1v) is 9.33. The van der Waals surface area contributed by atoms with Crippen LogP contribution in [0, 0.1) is 0 Å². The molecule has 0 saturated heterocycles. The van der Waals surface area contributed by atoms with Gasteiger partial charge < -0.3 is 5.11 Å². The maximum atomic E-state index is 9.46. The zero-order valence-electron chi connectivity index (χ0n) is 14.3. The van der Waals surface area contributed by atoms with Crippen LogP contribution >= 0.6 is 11.6 Å². The molecule has 2 unspecified atom stereocenters. The number of hydrogen-bond acceptors (Lipinski definition) is 2. The van der Waals surface area contributed by atoms with Gasteiger partial charge in [0.2, 0.25) is 0 Å². The van der Waals surface area contributed by atoms with E-state index in [9.17, 15) is 5.11 Å². The molecule has 1 N–H and O–H groups in total. The molecule has 2 nitrogen and oxygen atoms in total. The molecular weight excluding hydrogens is 318 g/mol. The van der Waals surface area contributed by atoms with Crippen LogP contribution in [-0.2, 0) is 11.1 Å². The van der Waals surface area contributed by atoms with Crippen LogP contribution in [0.5, 0.6) is 0 Å². The van der Waals surface area contributed by atoms with Crippen LogP contribution in [0.1, 0.15) is 55.4 Å². The Morgan fingerprint density at radius 2 is 1.50 bits per heavy atom. The van der Waals surface area contributed by atoms with E-state index < -0.39 is 0 Å². The average Bonchev–Trinajstić information content (AvgIpc) is 3.01. The molecule has 0 aliphatic carbocycles. The van der Waals surface area contributed by atoms with Crippen molar-refractivity contribution in [3.05, 3.63) is 69.7 Å². The SMILES string of the molecule is CCC12c3ccccc3C(CC)(c3cc(Cl)ccc31)N2CCCO. The number of nitrogens with zero attached hydrogens (tertiary/aromatic N) is 1. The van der Waals surface area contributed by atoms with Gasteiger partial charge in [-0.1, -0.05) is 55.8 Å². The second-order valence-corrected chi connectivity index (χ2v) is 7.33. The fourth-order valence-corrected chi connectivity index (χ4v) is 5.55. The largest absolute Gasteiger partial charge is 0.396 e. The zero-order valence-corrected chi connectivity index (χ0v) is 15.1. The maximum absolute atomic E-state index is 9.46. The second-order valence-electron chi connectivity index (χ2n) is 6.89. The van der Waals surface area contributed by atoms with Gasteiger partial charge in [0, 0.05) is 18.2 Å². The summed E-state index contributed by atoms with van der Waals surface area (Å²) < 4.78 is 0. The van der Waals surface area contributed by atoms with Gasteiger partial charge in [0.25, 0.3) is 0 Å². The van der Waals surface area contributed by atoms with Crippen molar-refractivity contribution >= 4 is 11.6 Å². The highest BCUT2D eigenvalue weighted by atomic mass is 35.5. The molecule has 0 amide bonds. The van der Waals surface area contributed by atoms with Crippen molar-refractivity contribution in [3.63, 3.8) is 0 Å². The van der Waals surface area contributed by atoms with E-state index in [-0.39, 0.29) is 17.7 Å². The Hall–Kier alpha value is -1.35. The molecule has 0 spiro atoms. The third-order valence-electron chi connectivity index (χ3n) is 6.18. The summed E-state index contributed by atoms with van der Waals surface area (Å²) in [6, 6.07) is 15.3. The number of halogens is 1. The molecule has 2 aliphatic heterocycles. The van der Waals surface area contributed by atoms with E-state index in [4.69, 9.17) is 11.6 Å². The van der Waals surface area contributed by atoms with E-state index in [0.717, 1.165) is 30.8 Å². The molecule has 2 aromatic carbocycles. The third kappa shape index (κ3) is 1.69. The van der Waals surface area contributed by atoms with Gasteiger partial charge in [0.15, 0.2) is 0 Å². The van der Waals surface area contributed by atoms with E-state index in [0.29, 0.717) is 0 Å². The van der Waals surface area contributed by atoms with Gasteiger partial charge in [0.05, 0.1) is 11.1 Å². The summed E-state index contributed by atoms with van der Waals surface area (Å²) in [5, 5.41) is 10.3. The van der Waals surface area contributed by atoms with Crippen LogP contribution in [0.25, 0.3) is 0 Å². The maximum Gasteiger partial charge on any atom is 0.0730 e. The monoisotopic (exact) mass is 341 g/mol. The van der Waals surface area contributed by atoms with Crippen LogP contribution < -0.4 is 0 Å². The van der Waals surface area contributed by atoms with E-state index >= 15 is 0 Å². The van der Waals surface area contributed by atoms with Crippen molar-refractivity contribution < 1.29 is 5.11 Å². The lowest BCUT2D eigenvalue weighted by Gasteiger charge is -2.40. The van der Waals surface area contributed by atoms with Crippen molar-refractivity contribution in [1.82, 2.24) is 4.90 Å². The van der Waals surface area contributed by atoms with Crippen LogP contribution in [0.15, 0.2) is 42.5 Å². The molecule has 0 fully saturated rings. The number of hydrogen-bond donors (Lipinski definition) is 1. The van der Waals surface area contributed by atoms with Crippen molar-refractivity contribution in [3.8, 4) is 0 Å². The Balaban J connectivity index is 2.06. The molecule has 2 atom stereocenters. The minimum Gasteiger partial charge on any atom is -0.396 e. The summed E-state index contributed by atoms with van der Waals surface area (Å²) in [6.07, 6.45) is 2.82. The summed E-state index contributed by atoms with van der Waals surface area (Å²) in [5.74, 6) is 0. The van der Waals surface area contributed by atoms with Gasteiger partial charge >= 0.3 is 0 Å². The van der Waals surface area contributed by atoms with Crippen LogP contribution in [0.3, 0.4) is 0 Å². The van der Waals surface area contributed by atoms with Gasteiger partial charge in [-0.05, 0) is 53.6 Å². The van der Waals surface area contributed by atoms with Gasteiger partial charge in [0.1, 0.15) is 0 Å². The molecule has 0 aromatic heterocycles. The lowest BCUT2D eigenvalue weighted by atomic mass is 9.71. The first kappa shape index (κ1) is 16.1. The van der Waals surface area contributed by atoms with Gasteiger partial charge in [-0.15, -0.1) is 0 Å². The second kappa shape index (κ2) is 5.59. The normalized spacial score (nSPS) is 27.3. The van der Waals surface area contributed by atoms with Crippen LogP contribution in [-0.4, -0.2) is 23.2 Å². The summed E-state index contributed by atoms with van der Waals surface area (Å²) in [6.45, 7) is 5.66. The minimum atomic E-state index is -0.123. The van der Waals surface area contributed by atoms with Crippen LogP contribution in [0.2, 0.25) is 5.02 Å². The third-order valence-corrected chi connectivity index (χ3v) is 6.41. The highest BCUT2D eigenvalue weighted by Gasteiger charge is 2.64.